The van der Waals surface area contributed by atoms with Crippen LogP contribution in [0.4, 0.5) is 0 Å². The van der Waals surface area contributed by atoms with Crippen LogP contribution in [0, 0.1) is 6.92 Å². The van der Waals surface area contributed by atoms with Crippen molar-refractivity contribution in [2.45, 2.75) is 6.92 Å². The van der Waals surface area contributed by atoms with Gasteiger partial charge in [0.25, 0.3) is 5.56 Å². The van der Waals surface area contributed by atoms with E-state index < -0.39 is 0 Å². The Morgan fingerprint density at radius 1 is 1.12 bits per heavy atom. The Morgan fingerprint density at radius 2 is 1.82 bits per heavy atom. The van der Waals surface area contributed by atoms with Gasteiger partial charge < -0.3 is 14.0 Å². The number of pyridine rings is 1. The first-order valence-electron chi connectivity index (χ1n) is 5.31. The minimum Gasteiger partial charge on any atom is -0.497 e. The third-order valence-electron chi connectivity index (χ3n) is 2.94. The maximum atomic E-state index is 11.7. The fraction of sp³-hybridized carbons (Fsp3) is 0.308. The number of aromatic nitrogens is 1. The summed E-state index contributed by atoms with van der Waals surface area (Å²) in [5.74, 6) is 1.39. The van der Waals surface area contributed by atoms with Gasteiger partial charge in [-0.1, -0.05) is 0 Å². The number of rotatable bonds is 2. The van der Waals surface area contributed by atoms with Crippen LogP contribution in [-0.2, 0) is 7.05 Å². The van der Waals surface area contributed by atoms with Gasteiger partial charge in [0.2, 0.25) is 0 Å². The summed E-state index contributed by atoms with van der Waals surface area (Å²) < 4.78 is 12.1. The highest BCUT2D eigenvalue weighted by Crippen LogP contribution is 2.32. The molecule has 0 spiro atoms. The monoisotopic (exact) mass is 233 g/mol. The van der Waals surface area contributed by atoms with E-state index in [2.05, 4.69) is 0 Å². The van der Waals surface area contributed by atoms with Crippen molar-refractivity contribution in [1.82, 2.24) is 4.57 Å². The highest BCUT2D eigenvalue weighted by molar-refractivity contribution is 5.90. The second-order valence-electron chi connectivity index (χ2n) is 3.95. The Morgan fingerprint density at radius 3 is 2.41 bits per heavy atom. The summed E-state index contributed by atoms with van der Waals surface area (Å²) in [4.78, 5) is 11.7. The first-order chi connectivity index (χ1) is 8.08. The van der Waals surface area contributed by atoms with E-state index in [1.54, 1.807) is 31.9 Å². The average Bonchev–Trinajstić information content (AvgIpc) is 2.34. The van der Waals surface area contributed by atoms with Crippen molar-refractivity contribution in [1.29, 1.82) is 0 Å². The van der Waals surface area contributed by atoms with Gasteiger partial charge in [-0.05, 0) is 12.5 Å². The van der Waals surface area contributed by atoms with E-state index in [4.69, 9.17) is 9.47 Å². The second-order valence-corrected chi connectivity index (χ2v) is 3.95. The molecule has 2 aromatic rings. The maximum Gasteiger partial charge on any atom is 0.251 e. The quantitative estimate of drug-likeness (QED) is 0.795. The lowest BCUT2D eigenvalue weighted by Crippen LogP contribution is -2.16. The third-order valence-corrected chi connectivity index (χ3v) is 2.94. The van der Waals surface area contributed by atoms with Crippen molar-refractivity contribution in [3.63, 3.8) is 0 Å². The summed E-state index contributed by atoms with van der Waals surface area (Å²) >= 11 is 0. The van der Waals surface area contributed by atoms with Gasteiger partial charge in [0.15, 0.2) is 0 Å². The minimum atomic E-state index is -0.0368. The molecule has 90 valence electrons. The van der Waals surface area contributed by atoms with Gasteiger partial charge in [-0.25, -0.2) is 0 Å². The third kappa shape index (κ3) is 1.75. The first kappa shape index (κ1) is 11.5. The highest BCUT2D eigenvalue weighted by Gasteiger charge is 2.11. The smallest absolute Gasteiger partial charge is 0.251 e. The molecule has 0 saturated heterocycles. The Kier molecular flexibility index (Phi) is 2.79. The molecule has 0 aliphatic carbocycles. The van der Waals surface area contributed by atoms with E-state index in [9.17, 15) is 4.79 Å². The minimum absolute atomic E-state index is 0.0368. The summed E-state index contributed by atoms with van der Waals surface area (Å²) in [7, 11) is 4.94. The summed E-state index contributed by atoms with van der Waals surface area (Å²) in [6.07, 6.45) is 0. The molecule has 0 unspecified atom stereocenters. The largest absolute Gasteiger partial charge is 0.497 e. The Balaban J connectivity index is 2.98. The molecule has 0 N–H and O–H groups in total. The maximum absolute atomic E-state index is 11.7. The van der Waals surface area contributed by atoms with Crippen LogP contribution in [0.25, 0.3) is 10.9 Å². The van der Waals surface area contributed by atoms with Crippen molar-refractivity contribution in [3.05, 3.63) is 34.1 Å². The molecule has 0 aliphatic rings. The number of hydrogen-bond donors (Lipinski definition) is 0. The first-order valence-corrected chi connectivity index (χ1v) is 5.31. The zero-order valence-electron chi connectivity index (χ0n) is 10.4. The van der Waals surface area contributed by atoms with Crippen LogP contribution < -0.4 is 15.0 Å². The van der Waals surface area contributed by atoms with E-state index in [1.807, 2.05) is 19.1 Å². The molecule has 2 rings (SSSR count). The predicted molar refractivity (Wildman–Crippen MR) is 67.0 cm³/mol. The van der Waals surface area contributed by atoms with Crippen molar-refractivity contribution in [3.8, 4) is 11.5 Å². The van der Waals surface area contributed by atoms with Crippen molar-refractivity contribution in [2.75, 3.05) is 14.2 Å². The lowest BCUT2D eigenvalue weighted by atomic mass is 10.1. The molecule has 1 aromatic carbocycles. The molecule has 1 aromatic heterocycles. The zero-order valence-corrected chi connectivity index (χ0v) is 10.4. The van der Waals surface area contributed by atoms with Gasteiger partial charge in [0, 0.05) is 30.6 Å². The van der Waals surface area contributed by atoms with E-state index in [0.717, 1.165) is 16.5 Å². The molecule has 0 aliphatic heterocycles. The van der Waals surface area contributed by atoms with Crippen LogP contribution >= 0.6 is 0 Å². The highest BCUT2D eigenvalue weighted by atomic mass is 16.5. The number of hydrogen-bond acceptors (Lipinski definition) is 3. The van der Waals surface area contributed by atoms with Crippen LogP contribution in [-0.4, -0.2) is 18.8 Å². The second kappa shape index (κ2) is 4.13. The van der Waals surface area contributed by atoms with Crippen molar-refractivity contribution < 1.29 is 9.47 Å². The lowest BCUT2D eigenvalue weighted by Gasteiger charge is -2.13. The Hall–Kier alpha value is -1.97. The molecule has 4 heteroatoms. The van der Waals surface area contributed by atoms with Gasteiger partial charge in [0.05, 0.1) is 19.7 Å². The number of aryl methyl sites for hydroxylation is 2. The van der Waals surface area contributed by atoms with Gasteiger partial charge in [-0.3, -0.25) is 4.79 Å². The van der Waals surface area contributed by atoms with Crippen LogP contribution in [0.15, 0.2) is 23.0 Å². The molecular weight excluding hydrogens is 218 g/mol. The number of ether oxygens (including phenoxy) is 2. The van der Waals surface area contributed by atoms with Crippen molar-refractivity contribution in [2.24, 2.45) is 7.05 Å². The van der Waals surface area contributed by atoms with E-state index in [-0.39, 0.29) is 5.56 Å². The van der Waals surface area contributed by atoms with E-state index in [0.29, 0.717) is 11.5 Å². The van der Waals surface area contributed by atoms with Gasteiger partial charge in [-0.15, -0.1) is 0 Å². The number of methoxy groups -OCH3 is 2. The molecule has 17 heavy (non-hydrogen) atoms. The van der Waals surface area contributed by atoms with Crippen LogP contribution in [0.2, 0.25) is 0 Å². The molecule has 0 amide bonds. The topological polar surface area (TPSA) is 40.5 Å². The summed E-state index contributed by atoms with van der Waals surface area (Å²) in [5, 5.41) is 0.940. The Labute approximate surface area is 99.4 Å². The standard InChI is InChI=1S/C13H15NO3/c1-8-5-12(15)14(2)10-6-9(16-3)7-11(17-4)13(8)10/h5-7H,1-4H3. The normalized spacial score (nSPS) is 10.6. The SMILES string of the molecule is COc1cc(OC)c2c(C)cc(=O)n(C)c2c1. The molecular formula is C13H15NO3. The van der Waals surface area contributed by atoms with Crippen LogP contribution in [0.5, 0.6) is 11.5 Å². The van der Waals surface area contributed by atoms with E-state index in [1.165, 1.54) is 0 Å². The Bertz CT molecular complexity index is 629. The van der Waals surface area contributed by atoms with Crippen LogP contribution in [0.1, 0.15) is 5.56 Å². The summed E-state index contributed by atoms with van der Waals surface area (Å²) in [5.41, 5.74) is 1.68. The number of benzene rings is 1. The molecule has 0 atom stereocenters. The molecule has 0 radical (unpaired) electrons. The molecule has 0 saturated carbocycles. The fourth-order valence-electron chi connectivity index (χ4n) is 1.99. The molecule has 0 bridgehead atoms. The molecule has 0 fully saturated rings. The predicted octanol–water partition coefficient (Wildman–Crippen LogP) is 1.86. The average molecular weight is 233 g/mol. The van der Waals surface area contributed by atoms with Gasteiger partial charge >= 0.3 is 0 Å². The number of fused-ring (bicyclic) bond motifs is 1. The number of nitrogens with zero attached hydrogens (tertiary/aromatic N) is 1. The fourth-order valence-corrected chi connectivity index (χ4v) is 1.99. The van der Waals surface area contributed by atoms with Crippen LogP contribution in [0.3, 0.4) is 0 Å². The molecule has 1 heterocycles. The van der Waals surface area contributed by atoms with E-state index >= 15 is 0 Å². The zero-order chi connectivity index (χ0) is 12.6. The summed E-state index contributed by atoms with van der Waals surface area (Å²) in [6.45, 7) is 1.90. The lowest BCUT2D eigenvalue weighted by molar-refractivity contribution is 0.397. The van der Waals surface area contributed by atoms with Crippen molar-refractivity contribution >= 4 is 10.9 Å². The molecule has 4 nitrogen and oxygen atoms in total. The van der Waals surface area contributed by atoms with Gasteiger partial charge in [0.1, 0.15) is 11.5 Å². The summed E-state index contributed by atoms with van der Waals surface area (Å²) in [6, 6.07) is 5.27. The van der Waals surface area contributed by atoms with Gasteiger partial charge in [-0.2, -0.15) is 0 Å².